The lowest BCUT2D eigenvalue weighted by atomic mass is 9.86. The van der Waals surface area contributed by atoms with Crippen LogP contribution >= 0.6 is 0 Å². The topological polar surface area (TPSA) is 181 Å². The maximum atomic E-state index is 14.3. The lowest BCUT2D eigenvalue weighted by Crippen LogP contribution is -2.58. The van der Waals surface area contributed by atoms with Gasteiger partial charge in [-0.05, 0) is 67.1 Å². The largest absolute Gasteiger partial charge is 0.449 e. The molecule has 0 spiro atoms. The van der Waals surface area contributed by atoms with Crippen molar-refractivity contribution in [2.45, 2.75) is 127 Å². The molecular formula is C37H51N5O9S. The van der Waals surface area contributed by atoms with Crippen LogP contribution in [0.5, 0.6) is 0 Å². The molecule has 15 heteroatoms. The van der Waals surface area contributed by atoms with Crippen molar-refractivity contribution < 1.29 is 41.9 Å². The Hall–Kier alpha value is -4.14. The Kier molecular flexibility index (Phi) is 10.6. The van der Waals surface area contributed by atoms with E-state index in [-0.39, 0.29) is 37.8 Å². The molecule has 1 saturated heterocycles. The Morgan fingerprint density at radius 1 is 1.13 bits per heavy atom. The van der Waals surface area contributed by atoms with E-state index >= 15 is 0 Å². The smallest absolute Gasteiger partial charge is 0.410 e. The van der Waals surface area contributed by atoms with Gasteiger partial charge in [-0.2, -0.15) is 0 Å². The van der Waals surface area contributed by atoms with Gasteiger partial charge in [0.2, 0.25) is 21.8 Å². The fraction of sp³-hybridized carbons (Fsp3) is 0.649. The van der Waals surface area contributed by atoms with Crippen LogP contribution in [0, 0.1) is 11.3 Å². The molecule has 0 unspecified atom stereocenters. The number of aryl methyl sites for hydroxylation is 1. The summed E-state index contributed by atoms with van der Waals surface area (Å²) in [5.74, 6) is -2.64. The highest BCUT2D eigenvalue weighted by molar-refractivity contribution is 7.91. The summed E-state index contributed by atoms with van der Waals surface area (Å²) < 4.78 is 39.1. The fourth-order valence-electron chi connectivity index (χ4n) is 7.61. The molecule has 1 aromatic carbocycles. The first kappa shape index (κ1) is 37.6. The van der Waals surface area contributed by atoms with Crippen LogP contribution < -0.4 is 15.4 Å². The third kappa shape index (κ3) is 8.08. The standard InChI is InChI=1S/C37H51N5O9S/c1-5-7-13-29-32(44)42-20-26(17-30(42)31(43)39-37(18-25(37)6-2)33(45)40-52(48,49)27-14-15-27)51-35(47)41-19-24-11-8-10-23(28(24)21-41)12-9-16-36(3,4)22-50-34(46)38-29/h6,8,10-11,25-27,29-30H,2,5,7,9,12-22H2,1,3-4H3,(H,38,46)(H,39,43)(H,40,45)/t25-,26-,29+,30+,37-/m1/s1. The van der Waals surface area contributed by atoms with Crippen LogP contribution in [0.1, 0.15) is 95.2 Å². The Morgan fingerprint density at radius 2 is 1.88 bits per heavy atom. The van der Waals surface area contributed by atoms with Gasteiger partial charge >= 0.3 is 12.2 Å². The van der Waals surface area contributed by atoms with E-state index in [2.05, 4.69) is 28.0 Å². The molecule has 3 N–H and O–H groups in total. The lowest BCUT2D eigenvalue weighted by molar-refractivity contribution is -0.141. The number of amides is 5. The van der Waals surface area contributed by atoms with E-state index in [0.29, 0.717) is 32.4 Å². The average molecular weight is 742 g/mol. The quantitative estimate of drug-likeness (QED) is 0.320. The van der Waals surface area contributed by atoms with Crippen LogP contribution in [0.15, 0.2) is 30.9 Å². The monoisotopic (exact) mass is 741 g/mol. The number of nitrogens with zero attached hydrogens (tertiary/aromatic N) is 2. The molecule has 3 aliphatic heterocycles. The van der Waals surface area contributed by atoms with Gasteiger partial charge in [0.15, 0.2) is 0 Å². The number of unbranched alkanes of at least 4 members (excludes halogenated alkanes) is 1. The minimum Gasteiger partial charge on any atom is -0.449 e. The van der Waals surface area contributed by atoms with Crippen LogP contribution in [0.25, 0.3) is 0 Å². The summed E-state index contributed by atoms with van der Waals surface area (Å²) >= 11 is 0. The Labute approximate surface area is 305 Å². The van der Waals surface area contributed by atoms with Crippen molar-refractivity contribution in [2.24, 2.45) is 11.3 Å². The second-order valence-corrected chi connectivity index (χ2v) is 17.7. The van der Waals surface area contributed by atoms with Gasteiger partial charge in [-0.15, -0.1) is 6.58 Å². The highest BCUT2D eigenvalue weighted by Crippen LogP contribution is 2.45. The molecule has 2 aliphatic carbocycles. The second kappa shape index (κ2) is 14.7. The Bertz CT molecular complexity index is 1730. The van der Waals surface area contributed by atoms with Crippen LogP contribution in [-0.4, -0.2) is 90.3 Å². The first-order valence-electron chi connectivity index (χ1n) is 18.5. The van der Waals surface area contributed by atoms with E-state index < -0.39 is 74.8 Å². The maximum absolute atomic E-state index is 14.3. The zero-order valence-corrected chi connectivity index (χ0v) is 31.1. The number of ether oxygens (including phenoxy) is 2. The van der Waals surface area contributed by atoms with E-state index in [1.165, 1.54) is 11.0 Å². The molecule has 284 valence electrons. The zero-order chi connectivity index (χ0) is 37.4. The summed E-state index contributed by atoms with van der Waals surface area (Å²) in [7, 11) is -3.90. The summed E-state index contributed by atoms with van der Waals surface area (Å²) in [6.45, 7) is 10.5. The molecular weight excluding hydrogens is 691 g/mol. The van der Waals surface area contributed by atoms with Crippen molar-refractivity contribution in [1.82, 2.24) is 25.2 Å². The number of fused-ring (bicyclic) bond motifs is 3. The van der Waals surface area contributed by atoms with Gasteiger partial charge in [0, 0.05) is 25.4 Å². The molecule has 2 saturated carbocycles. The molecule has 5 amide bonds. The molecule has 0 aromatic heterocycles. The summed E-state index contributed by atoms with van der Waals surface area (Å²) in [4.78, 5) is 71.5. The summed E-state index contributed by atoms with van der Waals surface area (Å²) in [5.41, 5.74) is 1.36. The number of nitrogens with one attached hydrogen (secondary N) is 3. The molecule has 4 bridgehead atoms. The van der Waals surface area contributed by atoms with E-state index in [4.69, 9.17) is 9.47 Å². The van der Waals surface area contributed by atoms with Gasteiger partial charge in [-0.3, -0.25) is 24.0 Å². The van der Waals surface area contributed by atoms with E-state index in [0.717, 1.165) is 42.4 Å². The van der Waals surface area contributed by atoms with Gasteiger partial charge in [-0.25, -0.2) is 18.0 Å². The molecule has 5 atom stereocenters. The van der Waals surface area contributed by atoms with Crippen LogP contribution in [-0.2, 0) is 53.4 Å². The van der Waals surface area contributed by atoms with Crippen molar-refractivity contribution in [1.29, 1.82) is 0 Å². The molecule has 0 radical (unpaired) electrons. The number of cyclic esters (lactones) is 1. The number of carbonyl (C=O) groups is 5. The zero-order valence-electron chi connectivity index (χ0n) is 30.3. The van der Waals surface area contributed by atoms with Crippen molar-refractivity contribution in [3.63, 3.8) is 0 Å². The van der Waals surface area contributed by atoms with Gasteiger partial charge in [-0.1, -0.05) is 57.9 Å². The third-order valence-electron chi connectivity index (χ3n) is 11.0. The molecule has 3 heterocycles. The lowest BCUT2D eigenvalue weighted by Gasteiger charge is -2.30. The molecule has 1 aromatic rings. The SMILES string of the molecule is C=C[C@@H]1C[C@]1(NC(=O)[C@@H]1C[C@@H]2CN1C(=O)[C@H](CCCC)NC(=O)OCC(C)(C)CCCc1cccc3c1CN(C3)C(=O)O2)C(=O)NS(=O)(=O)C1CC1. The number of benzene rings is 1. The van der Waals surface area contributed by atoms with E-state index in [1.54, 1.807) is 4.90 Å². The first-order valence-corrected chi connectivity index (χ1v) is 20.0. The first-order chi connectivity index (χ1) is 24.7. The van der Waals surface area contributed by atoms with E-state index in [1.807, 2.05) is 32.9 Å². The fourth-order valence-corrected chi connectivity index (χ4v) is 8.97. The predicted octanol–water partition coefficient (Wildman–Crippen LogP) is 3.43. The predicted molar refractivity (Wildman–Crippen MR) is 190 cm³/mol. The van der Waals surface area contributed by atoms with Crippen LogP contribution in [0.4, 0.5) is 9.59 Å². The van der Waals surface area contributed by atoms with E-state index in [9.17, 15) is 32.4 Å². The van der Waals surface area contributed by atoms with Crippen molar-refractivity contribution >= 4 is 39.9 Å². The third-order valence-corrected chi connectivity index (χ3v) is 12.9. The number of alkyl carbamates (subject to hydrolysis) is 1. The molecule has 52 heavy (non-hydrogen) atoms. The molecule has 5 aliphatic rings. The van der Waals surface area contributed by atoms with Crippen molar-refractivity contribution in [3.05, 3.63) is 47.5 Å². The van der Waals surface area contributed by atoms with Crippen LogP contribution in [0.3, 0.4) is 0 Å². The number of rotatable bonds is 9. The van der Waals surface area contributed by atoms with Gasteiger partial charge in [0.25, 0.3) is 5.91 Å². The maximum Gasteiger partial charge on any atom is 0.410 e. The number of carbonyl (C=O) groups excluding carboxylic acids is 5. The van der Waals surface area contributed by atoms with Gasteiger partial charge in [0.1, 0.15) is 23.7 Å². The normalized spacial score (nSPS) is 29.1. The summed E-state index contributed by atoms with van der Waals surface area (Å²) in [6, 6.07) is 3.83. The number of hydrogen-bond donors (Lipinski definition) is 3. The second-order valence-electron chi connectivity index (χ2n) is 15.8. The number of hydrogen-bond acceptors (Lipinski definition) is 9. The molecule has 3 fully saturated rings. The highest BCUT2D eigenvalue weighted by atomic mass is 32.2. The average Bonchev–Trinajstić information content (AvgIpc) is 3.99. The van der Waals surface area contributed by atoms with Gasteiger partial charge in [0.05, 0.1) is 18.4 Å². The van der Waals surface area contributed by atoms with Crippen molar-refractivity contribution in [3.8, 4) is 0 Å². The highest BCUT2D eigenvalue weighted by Gasteiger charge is 2.62. The minimum atomic E-state index is -3.90. The summed E-state index contributed by atoms with van der Waals surface area (Å²) in [5, 5.41) is 4.83. The minimum absolute atomic E-state index is 0.0642. The number of sulfonamides is 1. The van der Waals surface area contributed by atoms with Crippen LogP contribution in [0.2, 0.25) is 0 Å². The molecule has 6 rings (SSSR count). The van der Waals surface area contributed by atoms with Gasteiger partial charge < -0.3 is 25.0 Å². The van der Waals surface area contributed by atoms with Crippen molar-refractivity contribution in [2.75, 3.05) is 13.2 Å². The molecule has 14 nitrogen and oxygen atoms in total. The Morgan fingerprint density at radius 3 is 2.58 bits per heavy atom. The Balaban J connectivity index is 1.27. The summed E-state index contributed by atoms with van der Waals surface area (Å²) in [6.07, 6.45) is 4.31.